The third-order valence-electron chi connectivity index (χ3n) is 9.01. The predicted octanol–water partition coefficient (Wildman–Crippen LogP) is 6.91. The number of piperidine rings is 1. The quantitative estimate of drug-likeness (QED) is 0.127. The Hall–Kier alpha value is -3.68. The maximum absolute atomic E-state index is 12.5. The lowest BCUT2D eigenvalue weighted by Crippen LogP contribution is -2.51. The van der Waals surface area contributed by atoms with Gasteiger partial charge in [-0.25, -0.2) is 14.8 Å². The molecule has 6 rings (SSSR count). The third kappa shape index (κ3) is 7.63. The molecule has 2 aliphatic heterocycles. The highest BCUT2D eigenvalue weighted by Gasteiger charge is 2.42. The van der Waals surface area contributed by atoms with Crippen molar-refractivity contribution in [3.63, 3.8) is 0 Å². The third-order valence-corrected chi connectivity index (χ3v) is 11.1. The van der Waals surface area contributed by atoms with Crippen LogP contribution in [-0.4, -0.2) is 79.9 Å². The number of hydrogen-bond donors (Lipinski definition) is 2. The van der Waals surface area contributed by atoms with Crippen LogP contribution in [0.1, 0.15) is 52.9 Å². The molecule has 48 heavy (non-hydrogen) atoms. The number of nitrogens with zero attached hydrogens (tertiary/aromatic N) is 6. The van der Waals surface area contributed by atoms with Gasteiger partial charge < -0.3 is 29.4 Å². The maximum Gasteiger partial charge on any atom is 0.407 e. The summed E-state index contributed by atoms with van der Waals surface area (Å²) in [7, 11) is -1.27. The smallest absolute Gasteiger partial charge is 0.407 e. The van der Waals surface area contributed by atoms with E-state index in [0.29, 0.717) is 23.9 Å². The van der Waals surface area contributed by atoms with Crippen molar-refractivity contribution in [1.29, 1.82) is 0 Å². The minimum atomic E-state index is -1.27. The molecule has 1 amide bonds. The van der Waals surface area contributed by atoms with Gasteiger partial charge >= 0.3 is 12.1 Å². The van der Waals surface area contributed by atoms with Crippen molar-refractivity contribution in [2.75, 3.05) is 11.5 Å². The summed E-state index contributed by atoms with van der Waals surface area (Å²) in [6.07, 6.45) is 8.95. The summed E-state index contributed by atoms with van der Waals surface area (Å²) in [5.74, 6) is -0.0611. The van der Waals surface area contributed by atoms with Crippen LogP contribution >= 0.6 is 11.6 Å². The van der Waals surface area contributed by atoms with E-state index in [0.717, 1.165) is 65.2 Å². The number of aliphatic carboxylic acids is 1. The van der Waals surface area contributed by atoms with Crippen molar-refractivity contribution in [3.05, 3.63) is 35.7 Å². The van der Waals surface area contributed by atoms with Crippen LogP contribution < -0.4 is 10.2 Å². The second kappa shape index (κ2) is 13.3. The fraction of sp³-hybridized carbons (Fsp3) is 0.559. The average Bonchev–Trinajstić information content (AvgIpc) is 3.65. The van der Waals surface area contributed by atoms with Gasteiger partial charge in [-0.05, 0) is 58.6 Å². The minimum Gasteiger partial charge on any atom is -0.481 e. The number of carbonyl (C=O) groups is 2. The number of aromatic nitrogens is 5. The van der Waals surface area contributed by atoms with Gasteiger partial charge in [-0.1, -0.05) is 37.3 Å². The summed E-state index contributed by atoms with van der Waals surface area (Å²) in [6.45, 7) is 13.9. The van der Waals surface area contributed by atoms with Crippen LogP contribution in [0.5, 0.6) is 0 Å². The van der Waals surface area contributed by atoms with Crippen molar-refractivity contribution in [2.45, 2.75) is 116 Å². The highest BCUT2D eigenvalue weighted by molar-refractivity contribution is 6.76. The number of carboxylic acid groups (broad SMARTS) is 1. The molecule has 2 fully saturated rings. The Kier molecular flexibility index (Phi) is 9.49. The molecule has 5 heterocycles. The molecule has 2 saturated heterocycles. The highest BCUT2D eigenvalue weighted by atomic mass is 35.5. The maximum atomic E-state index is 12.5. The molecule has 0 saturated carbocycles. The topological polar surface area (TPSA) is 137 Å². The van der Waals surface area contributed by atoms with Crippen LogP contribution in [0.2, 0.25) is 30.7 Å². The summed E-state index contributed by atoms with van der Waals surface area (Å²) in [6, 6.07) is 5.41. The van der Waals surface area contributed by atoms with Gasteiger partial charge in [0, 0.05) is 61.7 Å². The van der Waals surface area contributed by atoms with Crippen LogP contribution in [0.3, 0.4) is 0 Å². The number of hydrogen-bond acceptors (Lipinski definition) is 8. The number of alkyl carbamates (subject to hydrolysis) is 1. The molecule has 2 bridgehead atoms. The first-order valence-electron chi connectivity index (χ1n) is 16.7. The largest absolute Gasteiger partial charge is 0.481 e. The fourth-order valence-corrected chi connectivity index (χ4v) is 7.85. The van der Waals surface area contributed by atoms with E-state index in [1.165, 1.54) is 0 Å². The Morgan fingerprint density at radius 1 is 1.10 bits per heavy atom. The lowest BCUT2D eigenvalue weighted by Gasteiger charge is -2.39. The number of halogens is 1. The Morgan fingerprint density at radius 2 is 1.83 bits per heavy atom. The van der Waals surface area contributed by atoms with Crippen molar-refractivity contribution < 1.29 is 24.2 Å². The summed E-state index contributed by atoms with van der Waals surface area (Å²) >= 11 is 7.02. The van der Waals surface area contributed by atoms with Crippen LogP contribution in [0.25, 0.3) is 33.2 Å². The van der Waals surface area contributed by atoms with Crippen molar-refractivity contribution in [1.82, 2.24) is 29.6 Å². The van der Waals surface area contributed by atoms with Gasteiger partial charge in [0.2, 0.25) is 0 Å². The molecule has 0 aliphatic carbocycles. The van der Waals surface area contributed by atoms with Crippen molar-refractivity contribution >= 4 is 59.6 Å². The Bertz CT molecular complexity index is 1810. The Balaban J connectivity index is 1.30. The van der Waals surface area contributed by atoms with Crippen LogP contribution in [0.4, 0.5) is 10.6 Å². The van der Waals surface area contributed by atoms with E-state index < -0.39 is 19.6 Å². The van der Waals surface area contributed by atoms with E-state index in [2.05, 4.69) is 35.0 Å². The molecule has 2 aliphatic rings. The van der Waals surface area contributed by atoms with Gasteiger partial charge in [-0.3, -0.25) is 9.48 Å². The molecular formula is C34H46ClN7O5Si. The number of amides is 1. The molecule has 14 heteroatoms. The Morgan fingerprint density at radius 3 is 2.50 bits per heavy atom. The number of carbonyl (C=O) groups excluding carboxylic acids is 1. The van der Waals surface area contributed by atoms with Crippen molar-refractivity contribution in [2.24, 2.45) is 0 Å². The monoisotopic (exact) mass is 695 g/mol. The summed E-state index contributed by atoms with van der Waals surface area (Å²) < 4.78 is 15.4. The summed E-state index contributed by atoms with van der Waals surface area (Å²) in [5.41, 5.74) is 3.23. The number of rotatable bonds is 11. The summed E-state index contributed by atoms with van der Waals surface area (Å²) in [4.78, 5) is 36.2. The fourth-order valence-electron chi connectivity index (χ4n) is 6.78. The number of aryl methyl sites for hydroxylation is 1. The van der Waals surface area contributed by atoms with Crippen LogP contribution in [-0.2, 0) is 27.5 Å². The minimum absolute atomic E-state index is 0.0266. The molecule has 2 unspecified atom stereocenters. The lowest BCUT2D eigenvalue weighted by molar-refractivity contribution is -0.137. The first-order valence-corrected chi connectivity index (χ1v) is 20.8. The molecule has 0 spiro atoms. The number of anilines is 1. The molecule has 0 radical (unpaired) electrons. The average molecular weight is 696 g/mol. The van der Waals surface area contributed by atoms with E-state index >= 15 is 0 Å². The molecular weight excluding hydrogens is 650 g/mol. The summed E-state index contributed by atoms with van der Waals surface area (Å²) in [5, 5.41) is 18.0. The van der Waals surface area contributed by atoms with Gasteiger partial charge in [0.05, 0.1) is 29.7 Å². The number of carboxylic acids is 1. The first kappa shape index (κ1) is 34.2. The second-order valence-electron chi connectivity index (χ2n) is 15.3. The molecule has 258 valence electrons. The van der Waals surface area contributed by atoms with Gasteiger partial charge in [-0.15, -0.1) is 0 Å². The van der Waals surface area contributed by atoms with E-state index in [9.17, 15) is 9.59 Å². The normalized spacial score (nSPS) is 19.7. The number of fused-ring (bicyclic) bond motifs is 4. The second-order valence-corrected chi connectivity index (χ2v) is 21.3. The van der Waals surface area contributed by atoms with Crippen molar-refractivity contribution in [3.8, 4) is 11.1 Å². The van der Waals surface area contributed by atoms with Gasteiger partial charge in [0.1, 0.15) is 23.7 Å². The lowest BCUT2D eigenvalue weighted by atomic mass is 9.97. The number of nitrogens with one attached hydrogen (secondary N) is 1. The molecule has 12 nitrogen and oxygen atoms in total. The molecule has 2 N–H and O–H groups in total. The zero-order valence-corrected chi connectivity index (χ0v) is 30.4. The van der Waals surface area contributed by atoms with Crippen LogP contribution in [0.15, 0.2) is 30.7 Å². The molecule has 3 aromatic heterocycles. The molecule has 2 atom stereocenters. The van der Waals surface area contributed by atoms with E-state index in [1.807, 2.05) is 49.9 Å². The van der Waals surface area contributed by atoms with Gasteiger partial charge in [-0.2, -0.15) is 5.10 Å². The van der Waals surface area contributed by atoms with Gasteiger partial charge in [0.25, 0.3) is 0 Å². The van der Waals surface area contributed by atoms with E-state index in [4.69, 9.17) is 36.1 Å². The van der Waals surface area contributed by atoms with Crippen LogP contribution in [0, 0.1) is 0 Å². The highest BCUT2D eigenvalue weighted by Crippen LogP contribution is 2.41. The first-order chi connectivity index (χ1) is 22.6. The zero-order chi connectivity index (χ0) is 34.4. The predicted molar refractivity (Wildman–Crippen MR) is 189 cm³/mol. The molecule has 1 aromatic carbocycles. The number of ether oxygens (including phenoxy) is 2. The zero-order valence-electron chi connectivity index (χ0n) is 28.6. The van der Waals surface area contributed by atoms with E-state index in [1.54, 1.807) is 10.9 Å². The Labute approximate surface area is 286 Å². The molecule has 4 aromatic rings. The standard InChI is InChI=1S/C34H46ClN7O5Si/c1-34(2,3)47-33(45)37-21-15-22-7-8-23(16-21)42(22)28-17-36-31-25(18-40(32(31)38-28)20-46-13-14-48(4,5)6)24-9-10-27-26(30(24)35)19-41(39-27)12-11-29(43)44/h9-10,17-19,21-23H,7-8,11-16,20H2,1-6H3,(H,37,45)(H,43,44). The van der Waals surface area contributed by atoms with E-state index in [-0.39, 0.29) is 37.2 Å². The van der Waals surface area contributed by atoms with Gasteiger partial charge in [0.15, 0.2) is 5.65 Å². The SMILES string of the molecule is CC(C)(C)OC(=O)NC1CC2CCC(C1)N2c1cnc2c(-c3ccc4nn(CCC(=O)O)cc4c3Cl)cn(COCC[Si](C)(C)C)c2n1. The number of benzene rings is 1.